The molecule has 1 nitrogen and oxygen atoms in total. The Hall–Kier alpha value is -0.300. The lowest BCUT2D eigenvalue weighted by Gasteiger charge is -2.29. The molecule has 0 bridgehead atoms. The van der Waals surface area contributed by atoms with Crippen molar-refractivity contribution in [3.63, 3.8) is 0 Å². The van der Waals surface area contributed by atoms with E-state index < -0.39 is 0 Å². The van der Waals surface area contributed by atoms with E-state index in [1.54, 1.807) is 0 Å². The van der Waals surface area contributed by atoms with Gasteiger partial charge in [0.2, 0.25) is 0 Å². The van der Waals surface area contributed by atoms with E-state index in [-0.39, 0.29) is 12.0 Å². The highest BCUT2D eigenvalue weighted by Gasteiger charge is 2.24. The zero-order chi connectivity index (χ0) is 10.6. The van der Waals surface area contributed by atoms with Crippen LogP contribution in [0, 0.1) is 17.8 Å². The number of hydrogen-bond donors (Lipinski definition) is 1. The maximum Gasteiger partial charge on any atom is 0.0630 e. The molecule has 0 heterocycles. The van der Waals surface area contributed by atoms with Crippen molar-refractivity contribution in [3.05, 3.63) is 12.2 Å². The van der Waals surface area contributed by atoms with Crippen LogP contribution in [0.1, 0.15) is 41.0 Å². The van der Waals surface area contributed by atoms with Crippen LogP contribution in [0.3, 0.4) is 0 Å². The maximum absolute atomic E-state index is 10.00. The monoisotopic (exact) mass is 184 g/mol. The molecule has 78 valence electrons. The fourth-order valence-electron chi connectivity index (χ4n) is 1.46. The van der Waals surface area contributed by atoms with Gasteiger partial charge in [0.05, 0.1) is 6.10 Å². The minimum absolute atomic E-state index is 0.212. The highest BCUT2D eigenvalue weighted by Crippen LogP contribution is 2.25. The highest BCUT2D eigenvalue weighted by atomic mass is 16.3. The van der Waals surface area contributed by atoms with Gasteiger partial charge in [0.25, 0.3) is 0 Å². The molecule has 1 N–H and O–H groups in total. The molecule has 1 heteroatoms. The molecular weight excluding hydrogens is 160 g/mol. The number of aliphatic hydroxyl groups excluding tert-OH is 1. The average Bonchev–Trinajstić information content (AvgIpc) is 2.12. The second-order valence-corrected chi connectivity index (χ2v) is 4.37. The minimum atomic E-state index is -0.243. The van der Waals surface area contributed by atoms with Gasteiger partial charge in [0, 0.05) is 5.92 Å². The van der Waals surface area contributed by atoms with Crippen molar-refractivity contribution in [2.45, 2.75) is 47.1 Å². The zero-order valence-electron chi connectivity index (χ0n) is 9.67. The van der Waals surface area contributed by atoms with E-state index in [1.165, 1.54) is 0 Å². The molecule has 0 aliphatic heterocycles. The van der Waals surface area contributed by atoms with Gasteiger partial charge in [-0.15, -0.1) is 0 Å². The van der Waals surface area contributed by atoms with Crippen molar-refractivity contribution < 1.29 is 5.11 Å². The Bertz CT molecular complexity index is 163. The Morgan fingerprint density at radius 2 is 1.77 bits per heavy atom. The van der Waals surface area contributed by atoms with Gasteiger partial charge in [0.1, 0.15) is 0 Å². The summed E-state index contributed by atoms with van der Waals surface area (Å²) in [5, 5.41) is 10.00. The third-order valence-electron chi connectivity index (χ3n) is 3.37. The fourth-order valence-corrected chi connectivity index (χ4v) is 1.46. The van der Waals surface area contributed by atoms with Gasteiger partial charge >= 0.3 is 0 Å². The predicted octanol–water partition coefficient (Wildman–Crippen LogP) is 3.24. The van der Waals surface area contributed by atoms with Crippen molar-refractivity contribution in [2.24, 2.45) is 17.8 Å². The molecule has 4 atom stereocenters. The van der Waals surface area contributed by atoms with Crippen molar-refractivity contribution in [2.75, 3.05) is 0 Å². The van der Waals surface area contributed by atoms with E-state index in [9.17, 15) is 5.11 Å². The normalized spacial score (nSPS) is 20.5. The highest BCUT2D eigenvalue weighted by molar-refractivity contribution is 4.98. The second-order valence-electron chi connectivity index (χ2n) is 4.37. The van der Waals surface area contributed by atoms with Crippen LogP contribution in [0.5, 0.6) is 0 Å². The molecule has 0 rings (SSSR count). The maximum atomic E-state index is 10.00. The summed E-state index contributed by atoms with van der Waals surface area (Å²) >= 11 is 0. The van der Waals surface area contributed by atoms with Gasteiger partial charge in [-0.2, -0.15) is 0 Å². The van der Waals surface area contributed by atoms with Gasteiger partial charge < -0.3 is 5.11 Å². The van der Waals surface area contributed by atoms with Crippen LogP contribution >= 0.6 is 0 Å². The molecule has 0 aliphatic rings. The molecule has 0 saturated heterocycles. The van der Waals surface area contributed by atoms with Crippen LogP contribution in [-0.4, -0.2) is 11.2 Å². The summed E-state index contributed by atoms with van der Waals surface area (Å²) in [6.45, 7) is 14.4. The summed E-state index contributed by atoms with van der Waals surface area (Å²) in [5.74, 6) is 1.15. The topological polar surface area (TPSA) is 20.2 Å². The van der Waals surface area contributed by atoms with Crippen LogP contribution in [0.2, 0.25) is 0 Å². The Balaban J connectivity index is 4.24. The van der Waals surface area contributed by atoms with Crippen LogP contribution in [0.4, 0.5) is 0 Å². The van der Waals surface area contributed by atoms with Crippen LogP contribution in [0.15, 0.2) is 12.2 Å². The lowest BCUT2D eigenvalue weighted by Crippen LogP contribution is -2.30. The SMILES string of the molecule is C=C(C)C(C)C(O)C(C)C(C)CC. The summed E-state index contributed by atoms with van der Waals surface area (Å²) in [5.41, 5.74) is 1.07. The molecule has 0 fully saturated rings. The molecule has 0 aliphatic carbocycles. The van der Waals surface area contributed by atoms with Crippen molar-refractivity contribution in [1.29, 1.82) is 0 Å². The standard InChI is InChI=1S/C12H24O/c1-7-9(4)11(6)12(13)10(5)8(2)3/h9-13H,2,7H2,1,3-6H3. The van der Waals surface area contributed by atoms with E-state index in [0.717, 1.165) is 12.0 Å². The van der Waals surface area contributed by atoms with E-state index in [1.807, 2.05) is 13.8 Å². The Morgan fingerprint density at radius 1 is 1.31 bits per heavy atom. The molecule has 0 aromatic heterocycles. The minimum Gasteiger partial charge on any atom is -0.392 e. The Kier molecular flexibility index (Phi) is 5.31. The molecule has 13 heavy (non-hydrogen) atoms. The predicted molar refractivity (Wildman–Crippen MR) is 58.6 cm³/mol. The molecule has 0 spiro atoms. The van der Waals surface area contributed by atoms with Crippen molar-refractivity contribution in [1.82, 2.24) is 0 Å². The lowest BCUT2D eigenvalue weighted by atomic mass is 9.81. The van der Waals surface area contributed by atoms with Gasteiger partial charge in [-0.25, -0.2) is 0 Å². The first kappa shape index (κ1) is 12.7. The van der Waals surface area contributed by atoms with Crippen LogP contribution in [-0.2, 0) is 0 Å². The van der Waals surface area contributed by atoms with E-state index in [0.29, 0.717) is 11.8 Å². The molecule has 0 aromatic carbocycles. The summed E-state index contributed by atoms with van der Waals surface area (Å²) in [7, 11) is 0. The zero-order valence-corrected chi connectivity index (χ0v) is 9.67. The largest absolute Gasteiger partial charge is 0.392 e. The van der Waals surface area contributed by atoms with Gasteiger partial charge in [-0.1, -0.05) is 46.3 Å². The Labute approximate surface area is 82.9 Å². The first-order chi connectivity index (χ1) is 5.91. The fraction of sp³-hybridized carbons (Fsp3) is 0.833. The summed E-state index contributed by atoms with van der Waals surface area (Å²) in [4.78, 5) is 0. The first-order valence-electron chi connectivity index (χ1n) is 5.25. The average molecular weight is 184 g/mol. The van der Waals surface area contributed by atoms with Crippen molar-refractivity contribution >= 4 is 0 Å². The van der Waals surface area contributed by atoms with Crippen LogP contribution in [0.25, 0.3) is 0 Å². The van der Waals surface area contributed by atoms with E-state index in [4.69, 9.17) is 0 Å². The van der Waals surface area contributed by atoms with Gasteiger partial charge in [-0.3, -0.25) is 0 Å². The van der Waals surface area contributed by atoms with Crippen molar-refractivity contribution in [3.8, 4) is 0 Å². The molecule has 0 amide bonds. The molecule has 0 saturated carbocycles. The summed E-state index contributed by atoms with van der Waals surface area (Å²) in [6, 6.07) is 0. The van der Waals surface area contributed by atoms with E-state index in [2.05, 4.69) is 27.4 Å². The number of rotatable bonds is 5. The number of hydrogen-bond acceptors (Lipinski definition) is 1. The van der Waals surface area contributed by atoms with E-state index >= 15 is 0 Å². The van der Waals surface area contributed by atoms with Gasteiger partial charge in [-0.05, 0) is 18.8 Å². The molecule has 0 radical (unpaired) electrons. The van der Waals surface area contributed by atoms with Gasteiger partial charge in [0.15, 0.2) is 0 Å². The quantitative estimate of drug-likeness (QED) is 0.650. The second kappa shape index (κ2) is 5.43. The van der Waals surface area contributed by atoms with Crippen LogP contribution < -0.4 is 0 Å². The third-order valence-corrected chi connectivity index (χ3v) is 3.37. The third kappa shape index (κ3) is 3.51. The molecule has 4 unspecified atom stereocenters. The number of aliphatic hydroxyl groups is 1. The summed E-state index contributed by atoms with van der Waals surface area (Å²) in [6.07, 6.45) is 0.883. The molecule has 0 aromatic rings. The molecular formula is C12H24O. The Morgan fingerprint density at radius 3 is 2.08 bits per heavy atom. The first-order valence-corrected chi connectivity index (χ1v) is 5.25. The smallest absolute Gasteiger partial charge is 0.0630 e. The lowest BCUT2D eigenvalue weighted by molar-refractivity contribution is 0.0529. The summed E-state index contributed by atoms with van der Waals surface area (Å²) < 4.78 is 0.